The molecule has 2 fully saturated rings. The Hall–Kier alpha value is -0.0400. The number of hydrogen-bond acceptors (Lipinski definition) is 1. The molecular formula is C10H20O. The van der Waals surface area contributed by atoms with Crippen LogP contribution >= 0.6 is 0 Å². The second kappa shape index (κ2) is 4.10. The van der Waals surface area contributed by atoms with E-state index >= 15 is 0 Å². The van der Waals surface area contributed by atoms with Crippen LogP contribution in [0.2, 0.25) is 0 Å². The van der Waals surface area contributed by atoms with Crippen molar-refractivity contribution in [1.29, 1.82) is 0 Å². The summed E-state index contributed by atoms with van der Waals surface area (Å²) >= 11 is 0. The maximum absolute atomic E-state index is 5.50. The van der Waals surface area contributed by atoms with E-state index in [2.05, 4.69) is 6.92 Å². The van der Waals surface area contributed by atoms with Crippen molar-refractivity contribution < 1.29 is 4.74 Å². The predicted octanol–water partition coefficient (Wildman–Crippen LogP) is 2.85. The van der Waals surface area contributed by atoms with Crippen LogP contribution in [0, 0.1) is 11.8 Å². The zero-order chi connectivity index (χ0) is 8.27. The van der Waals surface area contributed by atoms with Gasteiger partial charge in [0.15, 0.2) is 0 Å². The summed E-state index contributed by atoms with van der Waals surface area (Å²) in [6.45, 7) is 6.99. The SMILES string of the molecule is CC.CCOC1CC2CC2C1. The van der Waals surface area contributed by atoms with Crippen LogP contribution in [0.5, 0.6) is 0 Å². The fraction of sp³-hybridized carbons (Fsp3) is 1.00. The summed E-state index contributed by atoms with van der Waals surface area (Å²) in [6, 6.07) is 0. The molecule has 2 unspecified atom stereocenters. The van der Waals surface area contributed by atoms with Crippen LogP contribution in [0.25, 0.3) is 0 Å². The summed E-state index contributed by atoms with van der Waals surface area (Å²) in [4.78, 5) is 0. The van der Waals surface area contributed by atoms with Gasteiger partial charge in [0, 0.05) is 6.61 Å². The van der Waals surface area contributed by atoms with Gasteiger partial charge in [0.25, 0.3) is 0 Å². The van der Waals surface area contributed by atoms with E-state index in [1.54, 1.807) is 0 Å². The Bertz CT molecular complexity index is 101. The lowest BCUT2D eigenvalue weighted by molar-refractivity contribution is 0.0595. The van der Waals surface area contributed by atoms with E-state index in [-0.39, 0.29) is 0 Å². The van der Waals surface area contributed by atoms with Crippen molar-refractivity contribution in [3.8, 4) is 0 Å². The molecule has 2 atom stereocenters. The van der Waals surface area contributed by atoms with E-state index in [1.807, 2.05) is 13.8 Å². The number of ether oxygens (including phenoxy) is 1. The first-order valence-corrected chi connectivity index (χ1v) is 5.01. The minimum absolute atomic E-state index is 0.638. The summed E-state index contributed by atoms with van der Waals surface area (Å²) in [5.41, 5.74) is 0. The molecule has 0 aromatic rings. The summed E-state index contributed by atoms with van der Waals surface area (Å²) in [5, 5.41) is 0. The van der Waals surface area contributed by atoms with E-state index in [0.29, 0.717) is 6.10 Å². The number of hydrogen-bond donors (Lipinski definition) is 0. The molecule has 0 aromatic heterocycles. The summed E-state index contributed by atoms with van der Waals surface area (Å²) < 4.78 is 5.50. The van der Waals surface area contributed by atoms with Gasteiger partial charge in [-0.25, -0.2) is 0 Å². The van der Waals surface area contributed by atoms with Crippen LogP contribution in [0.1, 0.15) is 40.0 Å². The molecule has 0 bridgehead atoms. The molecular weight excluding hydrogens is 136 g/mol. The largest absolute Gasteiger partial charge is 0.378 e. The molecule has 0 aliphatic heterocycles. The fourth-order valence-corrected chi connectivity index (χ4v) is 2.03. The van der Waals surface area contributed by atoms with Gasteiger partial charge in [-0.15, -0.1) is 0 Å². The Labute approximate surface area is 70.1 Å². The van der Waals surface area contributed by atoms with Crippen molar-refractivity contribution in [3.05, 3.63) is 0 Å². The molecule has 66 valence electrons. The van der Waals surface area contributed by atoms with Gasteiger partial charge in [-0.05, 0) is 38.0 Å². The molecule has 0 N–H and O–H groups in total. The van der Waals surface area contributed by atoms with Crippen molar-refractivity contribution >= 4 is 0 Å². The molecule has 0 radical (unpaired) electrons. The average molecular weight is 156 g/mol. The van der Waals surface area contributed by atoms with E-state index in [0.717, 1.165) is 18.4 Å². The van der Waals surface area contributed by atoms with Gasteiger partial charge in [-0.3, -0.25) is 0 Å². The Morgan fingerprint density at radius 3 is 2.09 bits per heavy atom. The van der Waals surface area contributed by atoms with Gasteiger partial charge in [-0.2, -0.15) is 0 Å². The molecule has 1 heteroatoms. The van der Waals surface area contributed by atoms with Crippen LogP contribution in [-0.2, 0) is 4.74 Å². The molecule has 0 aromatic carbocycles. The number of fused-ring (bicyclic) bond motifs is 1. The van der Waals surface area contributed by atoms with Gasteiger partial charge in [-0.1, -0.05) is 13.8 Å². The van der Waals surface area contributed by atoms with Crippen molar-refractivity contribution in [3.63, 3.8) is 0 Å². The van der Waals surface area contributed by atoms with E-state index in [9.17, 15) is 0 Å². The van der Waals surface area contributed by atoms with Gasteiger partial charge in [0.05, 0.1) is 6.10 Å². The zero-order valence-corrected chi connectivity index (χ0v) is 7.97. The lowest BCUT2D eigenvalue weighted by Crippen LogP contribution is -2.09. The van der Waals surface area contributed by atoms with Gasteiger partial charge in [0.1, 0.15) is 0 Å². The van der Waals surface area contributed by atoms with Crippen LogP contribution in [0.3, 0.4) is 0 Å². The predicted molar refractivity (Wildman–Crippen MR) is 47.6 cm³/mol. The van der Waals surface area contributed by atoms with Crippen molar-refractivity contribution in [1.82, 2.24) is 0 Å². The third-order valence-electron chi connectivity index (χ3n) is 2.60. The molecule has 2 saturated carbocycles. The molecule has 0 saturated heterocycles. The Morgan fingerprint density at radius 2 is 1.64 bits per heavy atom. The summed E-state index contributed by atoms with van der Waals surface area (Å²) in [7, 11) is 0. The topological polar surface area (TPSA) is 9.23 Å². The molecule has 11 heavy (non-hydrogen) atoms. The quantitative estimate of drug-likeness (QED) is 0.597. The summed E-state index contributed by atoms with van der Waals surface area (Å²) in [6.07, 6.45) is 4.86. The Balaban J connectivity index is 0.000000281. The smallest absolute Gasteiger partial charge is 0.0580 e. The zero-order valence-electron chi connectivity index (χ0n) is 7.97. The van der Waals surface area contributed by atoms with E-state index in [1.165, 1.54) is 19.3 Å². The molecule has 0 spiro atoms. The van der Waals surface area contributed by atoms with Crippen molar-refractivity contribution in [2.75, 3.05) is 6.61 Å². The van der Waals surface area contributed by atoms with Gasteiger partial charge < -0.3 is 4.74 Å². The van der Waals surface area contributed by atoms with Gasteiger partial charge in [0.2, 0.25) is 0 Å². The second-order valence-corrected chi connectivity index (χ2v) is 3.30. The third-order valence-corrected chi connectivity index (χ3v) is 2.60. The fourth-order valence-electron chi connectivity index (χ4n) is 2.03. The van der Waals surface area contributed by atoms with Crippen molar-refractivity contribution in [2.24, 2.45) is 11.8 Å². The monoisotopic (exact) mass is 156 g/mol. The average Bonchev–Trinajstić information content (AvgIpc) is 2.65. The first-order valence-electron chi connectivity index (χ1n) is 5.01. The molecule has 0 amide bonds. The standard InChI is InChI=1S/C8H14O.C2H6/c1-2-9-8-4-6-3-7(6)5-8;1-2/h6-8H,2-5H2,1H3;1-2H3. The molecule has 1 nitrogen and oxygen atoms in total. The Morgan fingerprint density at radius 1 is 1.09 bits per heavy atom. The maximum atomic E-state index is 5.50. The molecule has 2 aliphatic carbocycles. The maximum Gasteiger partial charge on any atom is 0.0580 e. The third kappa shape index (κ3) is 2.19. The van der Waals surface area contributed by atoms with Gasteiger partial charge >= 0.3 is 0 Å². The first-order chi connectivity index (χ1) is 5.40. The first kappa shape index (κ1) is 9.05. The van der Waals surface area contributed by atoms with Crippen LogP contribution < -0.4 is 0 Å². The van der Waals surface area contributed by atoms with Crippen LogP contribution in [0.4, 0.5) is 0 Å². The minimum atomic E-state index is 0.638. The van der Waals surface area contributed by atoms with Crippen LogP contribution in [-0.4, -0.2) is 12.7 Å². The highest BCUT2D eigenvalue weighted by molar-refractivity contribution is 4.96. The lowest BCUT2D eigenvalue weighted by atomic mass is 10.2. The molecule has 0 heterocycles. The van der Waals surface area contributed by atoms with E-state index < -0.39 is 0 Å². The number of rotatable bonds is 2. The highest BCUT2D eigenvalue weighted by Crippen LogP contribution is 2.52. The van der Waals surface area contributed by atoms with Crippen molar-refractivity contribution in [2.45, 2.75) is 46.1 Å². The normalized spacial score (nSPS) is 39.0. The Kier molecular flexibility index (Phi) is 3.38. The highest BCUT2D eigenvalue weighted by atomic mass is 16.5. The summed E-state index contributed by atoms with van der Waals surface area (Å²) in [5.74, 6) is 2.14. The second-order valence-electron chi connectivity index (χ2n) is 3.30. The lowest BCUT2D eigenvalue weighted by Gasteiger charge is -2.10. The minimum Gasteiger partial charge on any atom is -0.378 e. The van der Waals surface area contributed by atoms with Crippen LogP contribution in [0.15, 0.2) is 0 Å². The molecule has 2 aliphatic rings. The molecule has 2 rings (SSSR count). The van der Waals surface area contributed by atoms with E-state index in [4.69, 9.17) is 4.74 Å². The highest BCUT2D eigenvalue weighted by Gasteiger charge is 2.45.